The summed E-state index contributed by atoms with van der Waals surface area (Å²) in [6, 6.07) is 9.07. The van der Waals surface area contributed by atoms with Crippen LogP contribution in [0.25, 0.3) is 0 Å². The van der Waals surface area contributed by atoms with Crippen molar-refractivity contribution < 1.29 is 0 Å². The summed E-state index contributed by atoms with van der Waals surface area (Å²) in [7, 11) is 0. The lowest BCUT2D eigenvalue weighted by Gasteiger charge is -2.35. The smallest absolute Gasteiger partial charge is 0.0149 e. The van der Waals surface area contributed by atoms with Crippen LogP contribution >= 0.6 is 0 Å². The lowest BCUT2D eigenvalue weighted by Crippen LogP contribution is -2.21. The number of allylic oxidation sites excluding steroid dienone is 1. The molecule has 2 rings (SSSR count). The Bertz CT molecular complexity index is 350. The molecule has 0 heteroatoms. The normalized spacial score (nSPS) is 27.0. The third-order valence-electron chi connectivity index (χ3n) is 4.17. The minimum Gasteiger partial charge on any atom is -0.103 e. The van der Waals surface area contributed by atoms with Crippen molar-refractivity contribution in [2.45, 2.75) is 59.3 Å². The van der Waals surface area contributed by atoms with E-state index in [1.54, 1.807) is 0 Å². The van der Waals surface area contributed by atoms with Crippen LogP contribution in [0, 0.1) is 12.3 Å². The zero-order valence-corrected chi connectivity index (χ0v) is 12.5. The van der Waals surface area contributed by atoms with Crippen molar-refractivity contribution in [2.24, 2.45) is 5.41 Å². The fourth-order valence-electron chi connectivity index (χ4n) is 2.65. The fraction of sp³-hybridized carbons (Fsp3) is 0.556. The highest BCUT2D eigenvalue weighted by molar-refractivity contribution is 5.25. The highest BCUT2D eigenvalue weighted by Gasteiger charge is 2.28. The Kier molecular flexibility index (Phi) is 5.65. The molecule has 0 spiro atoms. The van der Waals surface area contributed by atoms with Crippen LogP contribution in [0.1, 0.15) is 63.5 Å². The minimum atomic E-state index is 0.390. The van der Waals surface area contributed by atoms with E-state index in [1.165, 1.54) is 36.8 Å². The largest absolute Gasteiger partial charge is 0.103 e. The quantitative estimate of drug-likeness (QED) is 0.571. The second kappa shape index (κ2) is 6.78. The fourth-order valence-corrected chi connectivity index (χ4v) is 2.65. The van der Waals surface area contributed by atoms with Crippen LogP contribution in [0.3, 0.4) is 0 Å². The van der Waals surface area contributed by atoms with Crippen molar-refractivity contribution in [1.82, 2.24) is 0 Å². The molecule has 1 aromatic carbocycles. The van der Waals surface area contributed by atoms with Crippen LogP contribution in [-0.2, 0) is 0 Å². The lowest BCUT2D eigenvalue weighted by atomic mass is 9.70. The lowest BCUT2D eigenvalue weighted by molar-refractivity contribution is 0.262. The van der Waals surface area contributed by atoms with E-state index >= 15 is 0 Å². The Labute approximate surface area is 113 Å². The van der Waals surface area contributed by atoms with E-state index < -0.39 is 0 Å². The summed E-state index contributed by atoms with van der Waals surface area (Å²) in [6.45, 7) is 12.5. The van der Waals surface area contributed by atoms with E-state index in [0.29, 0.717) is 5.41 Å². The van der Waals surface area contributed by atoms with Crippen LogP contribution in [0.2, 0.25) is 0 Å². The number of rotatable bonds is 2. The van der Waals surface area contributed by atoms with Crippen LogP contribution in [0.4, 0.5) is 0 Å². The third kappa shape index (κ3) is 3.73. The van der Waals surface area contributed by atoms with E-state index in [4.69, 9.17) is 0 Å². The van der Waals surface area contributed by atoms with E-state index in [2.05, 4.69) is 50.8 Å². The first-order chi connectivity index (χ1) is 8.63. The van der Waals surface area contributed by atoms with Crippen molar-refractivity contribution in [3.8, 4) is 0 Å². The summed E-state index contributed by atoms with van der Waals surface area (Å²) in [5, 5.41) is 0. The van der Waals surface area contributed by atoms with Crippen molar-refractivity contribution in [3.63, 3.8) is 0 Å². The van der Waals surface area contributed by atoms with Gasteiger partial charge in [-0.1, -0.05) is 56.7 Å². The molecule has 0 heterocycles. The van der Waals surface area contributed by atoms with Gasteiger partial charge in [0.1, 0.15) is 0 Å². The number of hydrogen-bond donors (Lipinski definition) is 0. The summed E-state index contributed by atoms with van der Waals surface area (Å²) >= 11 is 0. The predicted molar refractivity (Wildman–Crippen MR) is 82.0 cm³/mol. The molecule has 0 aromatic heterocycles. The van der Waals surface area contributed by atoms with Gasteiger partial charge in [-0.3, -0.25) is 0 Å². The second-order valence-corrected chi connectivity index (χ2v) is 5.54. The first-order valence-corrected chi connectivity index (χ1v) is 7.33. The van der Waals surface area contributed by atoms with Crippen molar-refractivity contribution >= 4 is 0 Å². The summed E-state index contributed by atoms with van der Waals surface area (Å²) in [5.74, 6) is 0.772. The molecule has 0 bridgehead atoms. The molecule has 1 saturated carbocycles. The molecule has 0 radical (unpaired) electrons. The molecule has 0 atom stereocenters. The Morgan fingerprint density at radius 3 is 2.06 bits per heavy atom. The maximum Gasteiger partial charge on any atom is -0.0149 e. The molecule has 1 aliphatic rings. The molecule has 18 heavy (non-hydrogen) atoms. The van der Waals surface area contributed by atoms with Gasteiger partial charge in [0, 0.05) is 0 Å². The molecular weight excluding hydrogens is 216 g/mol. The van der Waals surface area contributed by atoms with Crippen molar-refractivity contribution in [2.75, 3.05) is 0 Å². The molecule has 0 nitrogen and oxygen atoms in total. The average molecular weight is 244 g/mol. The second-order valence-electron chi connectivity index (χ2n) is 5.54. The Balaban J connectivity index is 0.000000771. The van der Waals surface area contributed by atoms with Crippen LogP contribution in [-0.4, -0.2) is 0 Å². The summed E-state index contributed by atoms with van der Waals surface area (Å²) in [6.07, 6.45) is 7.35. The monoisotopic (exact) mass is 244 g/mol. The summed E-state index contributed by atoms with van der Waals surface area (Å²) in [5.41, 5.74) is 3.27. The number of hydrogen-bond acceptors (Lipinski definition) is 0. The average Bonchev–Trinajstić information content (AvgIpc) is 2.43. The molecule has 1 aliphatic carbocycles. The van der Waals surface area contributed by atoms with Gasteiger partial charge in [-0.05, 0) is 49.5 Å². The highest BCUT2D eigenvalue weighted by atomic mass is 14.3. The molecule has 1 fully saturated rings. The van der Waals surface area contributed by atoms with Gasteiger partial charge in [0.05, 0.1) is 0 Å². The maximum atomic E-state index is 3.97. The molecule has 100 valence electrons. The van der Waals surface area contributed by atoms with Crippen molar-refractivity contribution in [1.29, 1.82) is 0 Å². The van der Waals surface area contributed by atoms with Crippen LogP contribution < -0.4 is 0 Å². The van der Waals surface area contributed by atoms with Gasteiger partial charge in [0.25, 0.3) is 0 Å². The van der Waals surface area contributed by atoms with Gasteiger partial charge in [-0.25, -0.2) is 0 Å². The Morgan fingerprint density at radius 2 is 1.61 bits per heavy atom. The topological polar surface area (TPSA) is 0 Å². The zero-order valence-electron chi connectivity index (χ0n) is 12.5. The molecular formula is C18H28. The van der Waals surface area contributed by atoms with Gasteiger partial charge in [-0.2, -0.15) is 0 Å². The molecule has 1 aromatic rings. The minimum absolute atomic E-state index is 0.390. The maximum absolute atomic E-state index is 3.97. The zero-order chi connectivity index (χ0) is 13.6. The number of benzene rings is 1. The standard InChI is InChI=1S/C16H22.C2H6/c1-4-16(3)11-9-15(10-12-16)14-7-5-13(2)6-8-14;1-2/h4-8,15H,1,9-12H2,2-3H3;1-2H3. The first kappa shape index (κ1) is 15.0. The van der Waals surface area contributed by atoms with Gasteiger partial charge < -0.3 is 0 Å². The summed E-state index contributed by atoms with van der Waals surface area (Å²) < 4.78 is 0. The van der Waals surface area contributed by atoms with E-state index in [9.17, 15) is 0 Å². The third-order valence-corrected chi connectivity index (χ3v) is 4.17. The van der Waals surface area contributed by atoms with E-state index in [1.807, 2.05) is 13.8 Å². The van der Waals surface area contributed by atoms with Gasteiger partial charge >= 0.3 is 0 Å². The van der Waals surface area contributed by atoms with Gasteiger partial charge in [-0.15, -0.1) is 6.58 Å². The van der Waals surface area contributed by atoms with E-state index in [-0.39, 0.29) is 0 Å². The van der Waals surface area contributed by atoms with Gasteiger partial charge in [0.15, 0.2) is 0 Å². The number of aryl methyl sites for hydroxylation is 1. The Morgan fingerprint density at radius 1 is 1.11 bits per heavy atom. The first-order valence-electron chi connectivity index (χ1n) is 7.33. The highest BCUT2D eigenvalue weighted by Crippen LogP contribution is 2.43. The van der Waals surface area contributed by atoms with Crippen molar-refractivity contribution in [3.05, 3.63) is 48.0 Å². The van der Waals surface area contributed by atoms with Crippen LogP contribution in [0.5, 0.6) is 0 Å². The predicted octanol–water partition coefficient (Wildman–Crippen LogP) is 5.87. The molecule has 0 saturated heterocycles. The Hall–Kier alpha value is -1.04. The molecule has 0 amide bonds. The molecule has 0 N–H and O–H groups in total. The SMILES string of the molecule is C=CC1(C)CCC(c2ccc(C)cc2)CC1.CC. The van der Waals surface area contributed by atoms with E-state index in [0.717, 1.165) is 5.92 Å². The van der Waals surface area contributed by atoms with Gasteiger partial charge in [0.2, 0.25) is 0 Å². The summed E-state index contributed by atoms with van der Waals surface area (Å²) in [4.78, 5) is 0. The van der Waals surface area contributed by atoms with Crippen LogP contribution in [0.15, 0.2) is 36.9 Å². The molecule has 0 aliphatic heterocycles. The molecule has 0 unspecified atom stereocenters.